The van der Waals surface area contributed by atoms with E-state index in [2.05, 4.69) is 10.3 Å². The molecule has 2 heterocycles. The third-order valence-corrected chi connectivity index (χ3v) is 3.26. The zero-order valence-electron chi connectivity index (χ0n) is 11.7. The number of fused-ring (bicyclic) bond motifs is 1. The van der Waals surface area contributed by atoms with E-state index in [4.69, 9.17) is 4.42 Å². The van der Waals surface area contributed by atoms with Gasteiger partial charge in [-0.1, -0.05) is 0 Å². The summed E-state index contributed by atoms with van der Waals surface area (Å²) in [5.74, 6) is -0.640. The van der Waals surface area contributed by atoms with Crippen molar-refractivity contribution in [1.29, 1.82) is 0 Å². The number of aromatic nitrogens is 1. The molecule has 0 spiro atoms. The lowest BCUT2D eigenvalue weighted by Gasteiger charge is -2.10. The summed E-state index contributed by atoms with van der Waals surface area (Å²) in [6.07, 6.45) is 2.95. The number of anilines is 1. The number of aromatic hydroxyl groups is 1. The fourth-order valence-corrected chi connectivity index (χ4v) is 2.18. The van der Waals surface area contributed by atoms with Gasteiger partial charge < -0.3 is 14.8 Å². The van der Waals surface area contributed by atoms with Crippen molar-refractivity contribution in [3.05, 3.63) is 64.3 Å². The molecule has 6 nitrogen and oxygen atoms in total. The van der Waals surface area contributed by atoms with Gasteiger partial charge in [0, 0.05) is 23.8 Å². The highest BCUT2D eigenvalue weighted by atomic mass is 16.4. The van der Waals surface area contributed by atoms with Gasteiger partial charge in [0.15, 0.2) is 5.58 Å². The third kappa shape index (κ3) is 2.42. The van der Waals surface area contributed by atoms with Gasteiger partial charge >= 0.3 is 5.63 Å². The zero-order valence-corrected chi connectivity index (χ0v) is 11.7. The monoisotopic (exact) mass is 296 g/mol. The lowest BCUT2D eigenvalue weighted by molar-refractivity contribution is 0.102. The van der Waals surface area contributed by atoms with Crippen molar-refractivity contribution in [2.24, 2.45) is 0 Å². The summed E-state index contributed by atoms with van der Waals surface area (Å²) in [5, 5.41) is 13.2. The van der Waals surface area contributed by atoms with Crippen molar-refractivity contribution >= 4 is 22.6 Å². The molecule has 3 aromatic rings. The van der Waals surface area contributed by atoms with Crippen LogP contribution >= 0.6 is 0 Å². The Morgan fingerprint density at radius 2 is 2.14 bits per heavy atom. The lowest BCUT2D eigenvalue weighted by atomic mass is 10.1. The number of rotatable bonds is 2. The number of hydrogen-bond donors (Lipinski definition) is 2. The molecule has 0 unspecified atom stereocenters. The van der Waals surface area contributed by atoms with E-state index >= 15 is 0 Å². The van der Waals surface area contributed by atoms with E-state index in [1.54, 1.807) is 31.3 Å². The Balaban J connectivity index is 2.12. The first-order chi connectivity index (χ1) is 10.6. The molecule has 0 saturated heterocycles. The van der Waals surface area contributed by atoms with Crippen molar-refractivity contribution in [3.8, 4) is 5.75 Å². The number of benzene rings is 1. The average molecular weight is 296 g/mol. The predicted octanol–water partition coefficient (Wildman–Crippen LogP) is 2.45. The SMILES string of the molecule is Cc1cc(=O)oc2c(NC(=O)c3cccnc3)c(O)ccc12. The maximum atomic E-state index is 12.2. The van der Waals surface area contributed by atoms with E-state index < -0.39 is 11.5 Å². The second-order valence-corrected chi connectivity index (χ2v) is 4.78. The van der Waals surface area contributed by atoms with Crippen LogP contribution in [0.3, 0.4) is 0 Å². The van der Waals surface area contributed by atoms with Gasteiger partial charge in [-0.05, 0) is 36.8 Å². The highest BCUT2D eigenvalue weighted by Gasteiger charge is 2.15. The first-order valence-electron chi connectivity index (χ1n) is 6.54. The Bertz CT molecular complexity index is 917. The number of phenols is 1. The molecule has 3 rings (SSSR count). The molecule has 0 aliphatic heterocycles. The number of amides is 1. The van der Waals surface area contributed by atoms with Crippen molar-refractivity contribution in [3.63, 3.8) is 0 Å². The van der Waals surface area contributed by atoms with Gasteiger partial charge in [-0.25, -0.2) is 4.79 Å². The van der Waals surface area contributed by atoms with E-state index in [0.717, 1.165) is 0 Å². The maximum absolute atomic E-state index is 12.2. The number of hydrogen-bond acceptors (Lipinski definition) is 5. The third-order valence-electron chi connectivity index (χ3n) is 3.26. The molecular formula is C16H12N2O4. The summed E-state index contributed by atoms with van der Waals surface area (Å²) >= 11 is 0. The van der Waals surface area contributed by atoms with Crippen LogP contribution in [0.15, 0.2) is 51.9 Å². The highest BCUT2D eigenvalue weighted by molar-refractivity contribution is 6.09. The van der Waals surface area contributed by atoms with Gasteiger partial charge in [-0.15, -0.1) is 0 Å². The molecule has 0 atom stereocenters. The van der Waals surface area contributed by atoms with Gasteiger partial charge in [-0.3, -0.25) is 9.78 Å². The Kier molecular flexibility index (Phi) is 3.34. The zero-order chi connectivity index (χ0) is 15.7. The standard InChI is InChI=1S/C16H12N2O4/c1-9-7-13(20)22-15-11(9)4-5-12(19)14(15)18-16(21)10-3-2-6-17-8-10/h2-8,19H,1H3,(H,18,21). The van der Waals surface area contributed by atoms with Crippen molar-refractivity contribution < 1.29 is 14.3 Å². The van der Waals surface area contributed by atoms with Gasteiger partial charge in [0.1, 0.15) is 11.4 Å². The van der Waals surface area contributed by atoms with Crippen LogP contribution in [-0.2, 0) is 0 Å². The molecule has 110 valence electrons. The number of carbonyl (C=O) groups excluding carboxylic acids is 1. The smallest absolute Gasteiger partial charge is 0.336 e. The summed E-state index contributed by atoms with van der Waals surface area (Å²) in [5.41, 5.74) is 0.680. The van der Waals surface area contributed by atoms with E-state index in [0.29, 0.717) is 16.5 Å². The van der Waals surface area contributed by atoms with Crippen LogP contribution in [-0.4, -0.2) is 16.0 Å². The van der Waals surface area contributed by atoms with Crippen molar-refractivity contribution in [2.45, 2.75) is 6.92 Å². The molecular weight excluding hydrogens is 284 g/mol. The molecule has 0 saturated carbocycles. The Hall–Kier alpha value is -3.15. The number of phenolic OH excluding ortho intramolecular Hbond substituents is 1. The first kappa shape index (κ1) is 13.8. The number of carbonyl (C=O) groups is 1. The fourth-order valence-electron chi connectivity index (χ4n) is 2.18. The largest absolute Gasteiger partial charge is 0.506 e. The fraction of sp³-hybridized carbons (Fsp3) is 0.0625. The predicted molar refractivity (Wildman–Crippen MR) is 81.1 cm³/mol. The van der Waals surface area contributed by atoms with E-state index in [1.807, 2.05) is 0 Å². The van der Waals surface area contributed by atoms with Gasteiger partial charge in [0.25, 0.3) is 5.91 Å². The van der Waals surface area contributed by atoms with E-state index in [-0.39, 0.29) is 17.0 Å². The molecule has 2 aromatic heterocycles. The number of nitrogens with one attached hydrogen (secondary N) is 1. The second kappa shape index (κ2) is 5.33. The van der Waals surface area contributed by atoms with Crippen LogP contribution < -0.4 is 10.9 Å². The molecule has 0 aliphatic rings. The number of pyridine rings is 1. The van der Waals surface area contributed by atoms with Crippen LogP contribution in [0.2, 0.25) is 0 Å². The summed E-state index contributed by atoms with van der Waals surface area (Å²) < 4.78 is 5.15. The molecule has 22 heavy (non-hydrogen) atoms. The topological polar surface area (TPSA) is 92.4 Å². The van der Waals surface area contributed by atoms with Crippen molar-refractivity contribution in [2.75, 3.05) is 5.32 Å². The number of aryl methyl sites for hydroxylation is 1. The molecule has 0 fully saturated rings. The quantitative estimate of drug-likeness (QED) is 0.559. The summed E-state index contributed by atoms with van der Waals surface area (Å²) in [6.45, 7) is 1.75. The average Bonchev–Trinajstić information content (AvgIpc) is 2.50. The van der Waals surface area contributed by atoms with Crippen molar-refractivity contribution in [1.82, 2.24) is 4.98 Å². The number of nitrogens with zero attached hydrogens (tertiary/aromatic N) is 1. The van der Waals surface area contributed by atoms with Crippen LogP contribution in [0.5, 0.6) is 5.75 Å². The molecule has 6 heteroatoms. The Morgan fingerprint density at radius 1 is 1.32 bits per heavy atom. The first-order valence-corrected chi connectivity index (χ1v) is 6.54. The van der Waals surface area contributed by atoms with Crippen LogP contribution in [0.25, 0.3) is 11.0 Å². The van der Waals surface area contributed by atoms with Gasteiger partial charge in [-0.2, -0.15) is 0 Å². The highest BCUT2D eigenvalue weighted by Crippen LogP contribution is 2.33. The van der Waals surface area contributed by atoms with E-state index in [9.17, 15) is 14.7 Å². The Labute approximate surface area is 125 Å². The summed E-state index contributed by atoms with van der Waals surface area (Å²) in [4.78, 5) is 27.6. The van der Waals surface area contributed by atoms with Gasteiger partial charge in [0.05, 0.1) is 5.56 Å². The Morgan fingerprint density at radius 3 is 2.86 bits per heavy atom. The molecule has 0 radical (unpaired) electrons. The summed E-state index contributed by atoms with van der Waals surface area (Å²) in [6, 6.07) is 7.64. The van der Waals surface area contributed by atoms with E-state index in [1.165, 1.54) is 18.3 Å². The molecule has 1 aromatic carbocycles. The molecule has 0 aliphatic carbocycles. The summed E-state index contributed by atoms with van der Waals surface area (Å²) in [7, 11) is 0. The minimum atomic E-state index is -0.549. The van der Waals surface area contributed by atoms with Crippen LogP contribution in [0.4, 0.5) is 5.69 Å². The molecule has 1 amide bonds. The van der Waals surface area contributed by atoms with Crippen LogP contribution in [0.1, 0.15) is 15.9 Å². The second-order valence-electron chi connectivity index (χ2n) is 4.78. The minimum Gasteiger partial charge on any atom is -0.506 e. The maximum Gasteiger partial charge on any atom is 0.336 e. The van der Waals surface area contributed by atoms with Gasteiger partial charge in [0.2, 0.25) is 0 Å². The normalized spacial score (nSPS) is 10.6. The minimum absolute atomic E-state index is 0.0622. The molecule has 0 bridgehead atoms. The van der Waals surface area contributed by atoms with Crippen LogP contribution in [0, 0.1) is 6.92 Å². The lowest BCUT2D eigenvalue weighted by Crippen LogP contribution is -2.13. The molecule has 2 N–H and O–H groups in total.